The number of rotatable bonds is 6. The largest absolute Gasteiger partial charge is 0.397 e. The Bertz CT molecular complexity index is 427. The summed E-state index contributed by atoms with van der Waals surface area (Å²) in [6.45, 7) is 5.34. The van der Waals surface area contributed by atoms with E-state index in [4.69, 9.17) is 5.73 Å². The molecule has 0 aliphatic heterocycles. The molecule has 0 atom stereocenters. The van der Waals surface area contributed by atoms with Gasteiger partial charge >= 0.3 is 0 Å². The zero-order valence-corrected chi connectivity index (χ0v) is 12.4. The molecule has 4 nitrogen and oxygen atoms in total. The summed E-state index contributed by atoms with van der Waals surface area (Å²) in [6, 6.07) is 5.41. The first-order valence-electron chi connectivity index (χ1n) is 6.77. The molecular weight excluding hydrogens is 238 g/mol. The van der Waals surface area contributed by atoms with E-state index in [0.29, 0.717) is 11.3 Å². The topological polar surface area (TPSA) is 58.4 Å². The van der Waals surface area contributed by atoms with Crippen LogP contribution >= 0.6 is 0 Å². The Morgan fingerprint density at radius 3 is 2.58 bits per heavy atom. The van der Waals surface area contributed by atoms with Gasteiger partial charge in [0.2, 0.25) is 0 Å². The van der Waals surface area contributed by atoms with Gasteiger partial charge < -0.3 is 16.0 Å². The van der Waals surface area contributed by atoms with Gasteiger partial charge in [-0.25, -0.2) is 0 Å². The molecular formula is C15H25N3O. The molecule has 1 amide bonds. The average Bonchev–Trinajstić information content (AvgIpc) is 2.34. The van der Waals surface area contributed by atoms with Crippen LogP contribution in [0, 0.1) is 5.92 Å². The van der Waals surface area contributed by atoms with E-state index < -0.39 is 0 Å². The summed E-state index contributed by atoms with van der Waals surface area (Å²) >= 11 is 0. The lowest BCUT2D eigenvalue weighted by atomic mass is 10.1. The fourth-order valence-corrected chi connectivity index (χ4v) is 1.85. The molecule has 0 radical (unpaired) electrons. The van der Waals surface area contributed by atoms with Crippen molar-refractivity contribution in [3.05, 3.63) is 23.8 Å². The van der Waals surface area contributed by atoms with Crippen LogP contribution in [0.4, 0.5) is 11.4 Å². The number of nitrogens with zero attached hydrogens (tertiary/aromatic N) is 1. The summed E-state index contributed by atoms with van der Waals surface area (Å²) in [5.41, 5.74) is 8.11. The first kappa shape index (κ1) is 15.3. The van der Waals surface area contributed by atoms with Crippen molar-refractivity contribution in [3.8, 4) is 0 Å². The highest BCUT2D eigenvalue weighted by atomic mass is 16.2. The predicted octanol–water partition coefficient (Wildman–Crippen LogP) is 2.82. The van der Waals surface area contributed by atoms with E-state index in [0.717, 1.165) is 24.6 Å². The lowest BCUT2D eigenvalue weighted by molar-refractivity contribution is 0.0827. The van der Waals surface area contributed by atoms with Crippen LogP contribution in [0.15, 0.2) is 18.2 Å². The molecule has 19 heavy (non-hydrogen) atoms. The fourth-order valence-electron chi connectivity index (χ4n) is 1.85. The van der Waals surface area contributed by atoms with Crippen molar-refractivity contribution in [3.63, 3.8) is 0 Å². The first-order chi connectivity index (χ1) is 8.91. The van der Waals surface area contributed by atoms with Gasteiger partial charge in [-0.3, -0.25) is 4.79 Å². The molecule has 0 saturated carbocycles. The number of nitrogens with one attached hydrogen (secondary N) is 1. The van der Waals surface area contributed by atoms with Crippen LogP contribution < -0.4 is 11.1 Å². The van der Waals surface area contributed by atoms with Gasteiger partial charge in [-0.15, -0.1) is 0 Å². The Kier molecular flexibility index (Phi) is 5.67. The normalized spacial score (nSPS) is 10.6. The van der Waals surface area contributed by atoms with E-state index in [2.05, 4.69) is 19.2 Å². The standard InChI is InChI=1S/C15H25N3O/c1-11(2)6-5-9-17-14-8-7-12(10-13(14)16)15(19)18(3)4/h7-8,10-11,17H,5-6,9,16H2,1-4H3. The van der Waals surface area contributed by atoms with Crippen LogP contribution in [0.2, 0.25) is 0 Å². The van der Waals surface area contributed by atoms with Crippen molar-refractivity contribution in [2.45, 2.75) is 26.7 Å². The van der Waals surface area contributed by atoms with Crippen LogP contribution in [0.1, 0.15) is 37.0 Å². The summed E-state index contributed by atoms with van der Waals surface area (Å²) in [7, 11) is 3.47. The monoisotopic (exact) mass is 263 g/mol. The molecule has 4 heteroatoms. The Hall–Kier alpha value is -1.71. The van der Waals surface area contributed by atoms with Gasteiger partial charge in [-0.2, -0.15) is 0 Å². The van der Waals surface area contributed by atoms with Crippen LogP contribution in [0.3, 0.4) is 0 Å². The second-order valence-electron chi connectivity index (χ2n) is 5.46. The van der Waals surface area contributed by atoms with Gasteiger partial charge in [0.1, 0.15) is 0 Å². The number of nitrogens with two attached hydrogens (primary N) is 1. The highest BCUT2D eigenvalue weighted by Gasteiger charge is 2.09. The summed E-state index contributed by atoms with van der Waals surface area (Å²) in [5.74, 6) is 0.692. The summed E-state index contributed by atoms with van der Waals surface area (Å²) in [5, 5.41) is 3.31. The van der Waals surface area contributed by atoms with Crippen molar-refractivity contribution in [2.24, 2.45) is 5.92 Å². The average molecular weight is 263 g/mol. The number of anilines is 2. The fraction of sp³-hybridized carbons (Fsp3) is 0.533. The second-order valence-corrected chi connectivity index (χ2v) is 5.46. The number of carbonyl (C=O) groups is 1. The van der Waals surface area contributed by atoms with Crippen LogP contribution in [-0.2, 0) is 0 Å². The van der Waals surface area contributed by atoms with Crippen molar-refractivity contribution in [2.75, 3.05) is 31.7 Å². The smallest absolute Gasteiger partial charge is 0.253 e. The molecule has 1 aromatic rings. The minimum atomic E-state index is -0.0296. The molecule has 0 aliphatic rings. The summed E-state index contributed by atoms with van der Waals surface area (Å²) < 4.78 is 0. The first-order valence-corrected chi connectivity index (χ1v) is 6.77. The Balaban J connectivity index is 2.60. The third-order valence-electron chi connectivity index (χ3n) is 2.98. The molecule has 0 aromatic heterocycles. The molecule has 0 aliphatic carbocycles. The second kappa shape index (κ2) is 7.02. The van der Waals surface area contributed by atoms with Gasteiger partial charge in [0.15, 0.2) is 0 Å². The Morgan fingerprint density at radius 2 is 2.05 bits per heavy atom. The molecule has 1 aromatic carbocycles. The van der Waals surface area contributed by atoms with Crippen LogP contribution in [-0.4, -0.2) is 31.4 Å². The quantitative estimate of drug-likeness (QED) is 0.613. The molecule has 0 spiro atoms. The maximum absolute atomic E-state index is 11.8. The number of hydrogen-bond donors (Lipinski definition) is 2. The lowest BCUT2D eigenvalue weighted by Gasteiger charge is -2.13. The lowest BCUT2D eigenvalue weighted by Crippen LogP contribution is -2.21. The van der Waals surface area contributed by atoms with Crippen LogP contribution in [0.5, 0.6) is 0 Å². The van der Waals surface area contributed by atoms with E-state index in [1.807, 2.05) is 12.1 Å². The molecule has 0 bridgehead atoms. The van der Waals surface area contributed by atoms with E-state index in [1.54, 1.807) is 25.1 Å². The van der Waals surface area contributed by atoms with E-state index >= 15 is 0 Å². The minimum absolute atomic E-state index is 0.0296. The minimum Gasteiger partial charge on any atom is -0.397 e. The third-order valence-corrected chi connectivity index (χ3v) is 2.98. The highest BCUT2D eigenvalue weighted by molar-refractivity contribution is 5.95. The Labute approximate surface area is 116 Å². The molecule has 106 valence electrons. The van der Waals surface area contributed by atoms with Gasteiger partial charge in [0, 0.05) is 26.2 Å². The molecule has 1 rings (SSSR count). The predicted molar refractivity (Wildman–Crippen MR) is 81.4 cm³/mol. The van der Waals surface area contributed by atoms with Gasteiger partial charge in [-0.1, -0.05) is 13.8 Å². The maximum Gasteiger partial charge on any atom is 0.253 e. The molecule has 3 N–H and O–H groups in total. The highest BCUT2D eigenvalue weighted by Crippen LogP contribution is 2.20. The summed E-state index contributed by atoms with van der Waals surface area (Å²) in [4.78, 5) is 13.3. The van der Waals surface area contributed by atoms with Crippen molar-refractivity contribution >= 4 is 17.3 Å². The number of nitrogen functional groups attached to an aromatic ring is 1. The number of carbonyl (C=O) groups excluding carboxylic acids is 1. The van der Waals surface area contributed by atoms with Crippen molar-refractivity contribution in [1.29, 1.82) is 0 Å². The van der Waals surface area contributed by atoms with Crippen LogP contribution in [0.25, 0.3) is 0 Å². The van der Waals surface area contributed by atoms with E-state index in [-0.39, 0.29) is 5.91 Å². The SMILES string of the molecule is CC(C)CCCNc1ccc(C(=O)N(C)C)cc1N. The molecule has 0 fully saturated rings. The molecule has 0 heterocycles. The zero-order valence-electron chi connectivity index (χ0n) is 12.4. The van der Waals surface area contributed by atoms with Crippen molar-refractivity contribution < 1.29 is 4.79 Å². The maximum atomic E-state index is 11.8. The Morgan fingerprint density at radius 1 is 1.37 bits per heavy atom. The van der Waals surface area contributed by atoms with Gasteiger partial charge in [0.05, 0.1) is 11.4 Å². The van der Waals surface area contributed by atoms with Crippen molar-refractivity contribution in [1.82, 2.24) is 4.90 Å². The zero-order chi connectivity index (χ0) is 14.4. The number of hydrogen-bond acceptors (Lipinski definition) is 3. The molecule has 0 saturated heterocycles. The van der Waals surface area contributed by atoms with Gasteiger partial charge in [0.25, 0.3) is 5.91 Å². The van der Waals surface area contributed by atoms with E-state index in [1.165, 1.54) is 6.42 Å². The number of benzene rings is 1. The van der Waals surface area contributed by atoms with Gasteiger partial charge in [-0.05, 0) is 37.0 Å². The molecule has 0 unspecified atom stereocenters. The third kappa shape index (κ3) is 4.81. The van der Waals surface area contributed by atoms with E-state index in [9.17, 15) is 4.79 Å². The number of amides is 1. The summed E-state index contributed by atoms with van der Waals surface area (Å²) in [6.07, 6.45) is 2.32.